The van der Waals surface area contributed by atoms with Crippen molar-refractivity contribution >= 4 is 35.0 Å². The number of anilines is 1. The van der Waals surface area contributed by atoms with Gasteiger partial charge < -0.3 is 14.5 Å². The van der Waals surface area contributed by atoms with Crippen LogP contribution in [0.2, 0.25) is 5.02 Å². The third-order valence-corrected chi connectivity index (χ3v) is 6.37. The molecule has 5 nitrogen and oxygen atoms in total. The summed E-state index contributed by atoms with van der Waals surface area (Å²) in [5, 5.41) is 0.748. The molecule has 0 bridgehead atoms. The number of piperazine rings is 1. The van der Waals surface area contributed by atoms with Crippen LogP contribution >= 0.6 is 23.4 Å². The van der Waals surface area contributed by atoms with Gasteiger partial charge in [-0.05, 0) is 30.4 Å². The average molecular weight is 404 g/mol. The molecular formula is C20H22ClN3O2S. The molecule has 4 rings (SSSR count). The minimum atomic E-state index is 0.0179. The SMILES string of the molecule is O=C(c1ccc(OC2CCSC2)nc1)N1CCN(c2ccccc2Cl)CC1. The second kappa shape index (κ2) is 8.40. The van der Waals surface area contributed by atoms with E-state index in [4.69, 9.17) is 16.3 Å². The maximum atomic E-state index is 12.8. The highest BCUT2D eigenvalue weighted by Crippen LogP contribution is 2.26. The largest absolute Gasteiger partial charge is 0.473 e. The maximum absolute atomic E-state index is 12.8. The molecule has 1 atom stereocenters. The van der Waals surface area contributed by atoms with Crippen molar-refractivity contribution in [1.29, 1.82) is 0 Å². The molecule has 1 amide bonds. The lowest BCUT2D eigenvalue weighted by atomic mass is 10.2. The molecule has 2 saturated heterocycles. The summed E-state index contributed by atoms with van der Waals surface area (Å²) in [5.41, 5.74) is 1.63. The van der Waals surface area contributed by atoms with Crippen molar-refractivity contribution in [1.82, 2.24) is 9.88 Å². The van der Waals surface area contributed by atoms with Crippen molar-refractivity contribution in [2.75, 3.05) is 42.6 Å². The van der Waals surface area contributed by atoms with Crippen molar-refractivity contribution in [2.45, 2.75) is 12.5 Å². The van der Waals surface area contributed by atoms with Crippen LogP contribution in [-0.2, 0) is 0 Å². The second-order valence-corrected chi connectivity index (χ2v) is 8.28. The van der Waals surface area contributed by atoms with E-state index in [-0.39, 0.29) is 12.0 Å². The minimum absolute atomic E-state index is 0.0179. The molecule has 27 heavy (non-hydrogen) atoms. The molecule has 2 aromatic rings. The summed E-state index contributed by atoms with van der Waals surface area (Å²) in [5.74, 6) is 2.77. The van der Waals surface area contributed by atoms with Crippen LogP contribution in [0.3, 0.4) is 0 Å². The van der Waals surface area contributed by atoms with Crippen LogP contribution in [0.25, 0.3) is 0 Å². The van der Waals surface area contributed by atoms with Gasteiger partial charge in [0, 0.05) is 44.2 Å². The van der Waals surface area contributed by atoms with Crippen LogP contribution in [0.1, 0.15) is 16.8 Å². The van der Waals surface area contributed by atoms with Gasteiger partial charge >= 0.3 is 0 Å². The lowest BCUT2D eigenvalue weighted by Gasteiger charge is -2.36. The van der Waals surface area contributed by atoms with Gasteiger partial charge in [0.1, 0.15) is 6.10 Å². The molecule has 0 aliphatic carbocycles. The van der Waals surface area contributed by atoms with Gasteiger partial charge in [0.05, 0.1) is 16.3 Å². The Kier molecular flexibility index (Phi) is 5.74. The van der Waals surface area contributed by atoms with E-state index in [0.717, 1.165) is 41.7 Å². The molecule has 142 valence electrons. The molecule has 1 unspecified atom stereocenters. The number of amides is 1. The first-order valence-corrected chi connectivity index (χ1v) is 10.7. The average Bonchev–Trinajstić information content (AvgIpc) is 3.22. The molecule has 2 aliphatic heterocycles. The van der Waals surface area contributed by atoms with Crippen LogP contribution in [0, 0.1) is 0 Å². The van der Waals surface area contributed by atoms with Crippen molar-refractivity contribution in [3.05, 3.63) is 53.2 Å². The lowest BCUT2D eigenvalue weighted by molar-refractivity contribution is 0.0746. The predicted molar refractivity (Wildman–Crippen MR) is 110 cm³/mol. The van der Waals surface area contributed by atoms with Crippen LogP contribution in [0.5, 0.6) is 5.88 Å². The van der Waals surface area contributed by atoms with Gasteiger partial charge in [-0.15, -0.1) is 0 Å². The summed E-state index contributed by atoms with van der Waals surface area (Å²) in [7, 11) is 0. The van der Waals surface area contributed by atoms with Crippen LogP contribution < -0.4 is 9.64 Å². The van der Waals surface area contributed by atoms with Gasteiger partial charge in [0.15, 0.2) is 0 Å². The molecule has 0 spiro atoms. The van der Waals surface area contributed by atoms with Crippen molar-refractivity contribution in [3.8, 4) is 5.88 Å². The Morgan fingerprint density at radius 2 is 1.96 bits per heavy atom. The first-order chi connectivity index (χ1) is 13.2. The van der Waals surface area contributed by atoms with E-state index in [9.17, 15) is 4.79 Å². The fraction of sp³-hybridized carbons (Fsp3) is 0.400. The zero-order valence-corrected chi connectivity index (χ0v) is 16.6. The van der Waals surface area contributed by atoms with Gasteiger partial charge in [-0.3, -0.25) is 4.79 Å². The fourth-order valence-electron chi connectivity index (χ4n) is 3.39. The molecule has 0 N–H and O–H groups in total. The van der Waals surface area contributed by atoms with Gasteiger partial charge in [-0.25, -0.2) is 4.98 Å². The van der Waals surface area contributed by atoms with Gasteiger partial charge in [0.25, 0.3) is 5.91 Å². The van der Waals surface area contributed by atoms with Crippen LogP contribution in [0.4, 0.5) is 5.69 Å². The summed E-state index contributed by atoms with van der Waals surface area (Å²) in [4.78, 5) is 21.2. The van der Waals surface area contributed by atoms with E-state index in [2.05, 4.69) is 9.88 Å². The van der Waals surface area contributed by atoms with Crippen molar-refractivity contribution in [2.24, 2.45) is 0 Å². The van der Waals surface area contributed by atoms with Crippen LogP contribution in [-0.4, -0.2) is 59.6 Å². The smallest absolute Gasteiger partial charge is 0.255 e. The van der Waals surface area contributed by atoms with Crippen molar-refractivity contribution < 1.29 is 9.53 Å². The van der Waals surface area contributed by atoms with Gasteiger partial charge in [-0.2, -0.15) is 11.8 Å². The molecule has 0 radical (unpaired) electrons. The number of halogens is 1. The first kappa shape index (κ1) is 18.4. The molecule has 0 saturated carbocycles. The topological polar surface area (TPSA) is 45.7 Å². The number of rotatable bonds is 4. The zero-order chi connectivity index (χ0) is 18.6. The van der Waals surface area contributed by atoms with E-state index in [1.165, 1.54) is 0 Å². The molecule has 1 aromatic heterocycles. The Morgan fingerprint density at radius 3 is 2.63 bits per heavy atom. The normalized spacial score (nSPS) is 20.0. The summed E-state index contributed by atoms with van der Waals surface area (Å²) in [6.45, 7) is 2.87. The zero-order valence-electron chi connectivity index (χ0n) is 15.0. The quantitative estimate of drug-likeness (QED) is 0.780. The number of aromatic nitrogens is 1. The highest BCUT2D eigenvalue weighted by atomic mass is 35.5. The summed E-state index contributed by atoms with van der Waals surface area (Å²) < 4.78 is 5.85. The third kappa shape index (κ3) is 4.33. The van der Waals surface area contributed by atoms with E-state index in [0.29, 0.717) is 24.5 Å². The highest BCUT2D eigenvalue weighted by Gasteiger charge is 2.24. The Bertz CT molecular complexity index is 788. The Balaban J connectivity index is 1.34. The first-order valence-electron chi connectivity index (χ1n) is 9.20. The Hall–Kier alpha value is -1.92. The fourth-order valence-corrected chi connectivity index (χ4v) is 4.74. The number of carbonyl (C=O) groups is 1. The number of hydrogen-bond donors (Lipinski definition) is 0. The summed E-state index contributed by atoms with van der Waals surface area (Å²) in [6, 6.07) is 11.4. The summed E-state index contributed by atoms with van der Waals surface area (Å²) in [6.07, 6.45) is 2.92. The van der Waals surface area contributed by atoms with Crippen molar-refractivity contribution in [3.63, 3.8) is 0 Å². The lowest BCUT2D eigenvalue weighted by Crippen LogP contribution is -2.48. The molecule has 2 fully saturated rings. The van der Waals surface area contributed by atoms with E-state index in [1.807, 2.05) is 47.0 Å². The number of para-hydroxylation sites is 1. The molecule has 7 heteroatoms. The number of thioether (sulfide) groups is 1. The molecule has 1 aromatic carbocycles. The number of pyridine rings is 1. The third-order valence-electron chi connectivity index (χ3n) is 4.92. The van der Waals surface area contributed by atoms with Crippen LogP contribution in [0.15, 0.2) is 42.6 Å². The standard InChI is InChI=1S/C20H22ClN3O2S/c21-17-3-1-2-4-18(17)23-8-10-24(11-9-23)20(25)15-5-6-19(22-13-15)26-16-7-12-27-14-16/h1-6,13,16H,7-12,14H2. The van der Waals surface area contributed by atoms with Gasteiger partial charge in [0.2, 0.25) is 5.88 Å². The second-order valence-electron chi connectivity index (χ2n) is 6.72. The van der Waals surface area contributed by atoms with E-state index >= 15 is 0 Å². The number of hydrogen-bond acceptors (Lipinski definition) is 5. The molecular weight excluding hydrogens is 382 g/mol. The van der Waals surface area contributed by atoms with E-state index < -0.39 is 0 Å². The number of nitrogens with zero attached hydrogens (tertiary/aromatic N) is 3. The number of ether oxygens (including phenoxy) is 1. The van der Waals surface area contributed by atoms with Gasteiger partial charge in [-0.1, -0.05) is 23.7 Å². The predicted octanol–water partition coefficient (Wildman–Crippen LogP) is 3.58. The Labute approximate surface area is 168 Å². The number of benzene rings is 1. The summed E-state index contributed by atoms with van der Waals surface area (Å²) >= 11 is 8.19. The molecule has 3 heterocycles. The maximum Gasteiger partial charge on any atom is 0.255 e. The minimum Gasteiger partial charge on any atom is -0.473 e. The Morgan fingerprint density at radius 1 is 1.15 bits per heavy atom. The molecule has 2 aliphatic rings. The highest BCUT2D eigenvalue weighted by molar-refractivity contribution is 7.99. The monoisotopic (exact) mass is 403 g/mol. The number of carbonyl (C=O) groups excluding carboxylic acids is 1. The van der Waals surface area contributed by atoms with E-state index in [1.54, 1.807) is 12.3 Å².